The Morgan fingerprint density at radius 1 is 1.04 bits per heavy atom. The fourth-order valence-corrected chi connectivity index (χ4v) is 2.89. The molecule has 2 aromatic rings. The van der Waals surface area contributed by atoms with Crippen molar-refractivity contribution in [2.75, 3.05) is 20.2 Å². The van der Waals surface area contributed by atoms with Gasteiger partial charge in [-0.2, -0.15) is 13.2 Å². The summed E-state index contributed by atoms with van der Waals surface area (Å²) in [5.41, 5.74) is 0.185. The van der Waals surface area contributed by atoms with Crippen LogP contribution in [0.25, 0.3) is 0 Å². The van der Waals surface area contributed by atoms with Gasteiger partial charge in [-0.1, -0.05) is 30.3 Å². The van der Waals surface area contributed by atoms with Gasteiger partial charge in [-0.3, -0.25) is 4.79 Å². The molecule has 0 radical (unpaired) electrons. The summed E-state index contributed by atoms with van der Waals surface area (Å²) < 4.78 is 44.5. The maximum atomic E-state index is 13.1. The van der Waals surface area contributed by atoms with Gasteiger partial charge in [-0.15, -0.1) is 0 Å². The van der Waals surface area contributed by atoms with Crippen LogP contribution in [0.5, 0.6) is 5.75 Å². The van der Waals surface area contributed by atoms with Gasteiger partial charge in [0.2, 0.25) is 5.91 Å². The van der Waals surface area contributed by atoms with Crippen LogP contribution >= 0.6 is 0 Å². The average Bonchev–Trinajstić information content (AvgIpc) is 2.63. The summed E-state index contributed by atoms with van der Waals surface area (Å²) in [5, 5.41) is 0. The van der Waals surface area contributed by atoms with Gasteiger partial charge in [0.05, 0.1) is 18.6 Å². The second-order valence-corrected chi connectivity index (χ2v) is 5.84. The molecule has 2 rings (SSSR count). The highest BCUT2D eigenvalue weighted by atomic mass is 19.4. The minimum Gasteiger partial charge on any atom is -0.497 e. The first-order chi connectivity index (χ1) is 12.3. The van der Waals surface area contributed by atoms with E-state index in [1.54, 1.807) is 35.2 Å². The average molecular weight is 365 g/mol. The minimum atomic E-state index is -4.46. The predicted molar refractivity (Wildman–Crippen MR) is 94.2 cm³/mol. The van der Waals surface area contributed by atoms with Crippen LogP contribution in [0.4, 0.5) is 13.2 Å². The van der Waals surface area contributed by atoms with Gasteiger partial charge in [-0.05, 0) is 43.2 Å². The number of carbonyl (C=O) groups is 1. The van der Waals surface area contributed by atoms with Crippen molar-refractivity contribution in [1.82, 2.24) is 4.90 Å². The van der Waals surface area contributed by atoms with Crippen molar-refractivity contribution in [2.24, 2.45) is 0 Å². The topological polar surface area (TPSA) is 29.5 Å². The second-order valence-electron chi connectivity index (χ2n) is 5.84. The lowest BCUT2D eigenvalue weighted by molar-refractivity contribution is -0.138. The zero-order valence-corrected chi connectivity index (χ0v) is 15.0. The van der Waals surface area contributed by atoms with Crippen molar-refractivity contribution in [2.45, 2.75) is 25.9 Å². The Hall–Kier alpha value is -2.50. The molecule has 0 saturated carbocycles. The van der Waals surface area contributed by atoms with E-state index >= 15 is 0 Å². The van der Waals surface area contributed by atoms with E-state index in [9.17, 15) is 18.0 Å². The highest BCUT2D eigenvalue weighted by Crippen LogP contribution is 2.34. The Kier molecular flexibility index (Phi) is 6.29. The van der Waals surface area contributed by atoms with Crippen molar-refractivity contribution < 1.29 is 22.7 Å². The molecular formula is C20H22F3NO2. The lowest BCUT2D eigenvalue weighted by atomic mass is 9.89. The van der Waals surface area contributed by atoms with Crippen molar-refractivity contribution in [3.63, 3.8) is 0 Å². The second kappa shape index (κ2) is 8.25. The molecule has 0 spiro atoms. The Bertz CT molecular complexity index is 737. The first-order valence-corrected chi connectivity index (χ1v) is 8.41. The van der Waals surface area contributed by atoms with Crippen molar-refractivity contribution >= 4 is 5.91 Å². The standard InChI is InChI=1S/C20H22F3NO2/c1-4-24(5-2)19(25)18(14-9-11-17(26-3)12-10-14)15-7-6-8-16(13-15)20(21,22)23/h6-13,18H,4-5H2,1-3H3. The van der Waals surface area contributed by atoms with Gasteiger partial charge in [0.25, 0.3) is 0 Å². The third kappa shape index (κ3) is 4.36. The number of halogens is 3. The normalized spacial score (nSPS) is 12.5. The molecule has 1 amide bonds. The Balaban J connectivity index is 2.54. The fourth-order valence-electron chi connectivity index (χ4n) is 2.89. The number of nitrogens with zero attached hydrogens (tertiary/aromatic N) is 1. The largest absolute Gasteiger partial charge is 0.497 e. The molecule has 0 aliphatic carbocycles. The molecule has 0 saturated heterocycles. The van der Waals surface area contributed by atoms with Crippen molar-refractivity contribution in [1.29, 1.82) is 0 Å². The molecule has 0 aliphatic heterocycles. The zero-order chi connectivity index (χ0) is 19.3. The van der Waals surface area contributed by atoms with Gasteiger partial charge in [0.15, 0.2) is 0 Å². The molecular weight excluding hydrogens is 343 g/mol. The Morgan fingerprint density at radius 3 is 2.15 bits per heavy atom. The fraction of sp³-hybridized carbons (Fsp3) is 0.350. The third-order valence-electron chi connectivity index (χ3n) is 4.32. The summed E-state index contributed by atoms with van der Waals surface area (Å²) in [4.78, 5) is 14.7. The number of hydrogen-bond acceptors (Lipinski definition) is 2. The van der Waals surface area contributed by atoms with E-state index in [4.69, 9.17) is 4.74 Å². The number of methoxy groups -OCH3 is 1. The van der Waals surface area contributed by atoms with Crippen molar-refractivity contribution in [3.8, 4) is 5.75 Å². The van der Waals surface area contributed by atoms with Crippen LogP contribution in [0, 0.1) is 0 Å². The minimum absolute atomic E-state index is 0.223. The summed E-state index contributed by atoms with van der Waals surface area (Å²) in [7, 11) is 1.53. The number of hydrogen-bond donors (Lipinski definition) is 0. The number of amides is 1. The van der Waals surface area contributed by atoms with E-state index < -0.39 is 17.7 Å². The Morgan fingerprint density at radius 2 is 1.65 bits per heavy atom. The third-order valence-corrected chi connectivity index (χ3v) is 4.32. The number of carbonyl (C=O) groups excluding carboxylic acids is 1. The Labute approximate surface area is 151 Å². The molecule has 0 fully saturated rings. The summed E-state index contributed by atoms with van der Waals surface area (Å²) >= 11 is 0. The number of benzene rings is 2. The smallest absolute Gasteiger partial charge is 0.416 e. The first-order valence-electron chi connectivity index (χ1n) is 8.41. The summed E-state index contributed by atoms with van der Waals surface area (Å²) in [6, 6.07) is 11.8. The van der Waals surface area contributed by atoms with E-state index in [-0.39, 0.29) is 5.91 Å². The SMILES string of the molecule is CCN(CC)C(=O)C(c1ccc(OC)cc1)c1cccc(C(F)(F)F)c1. The highest BCUT2D eigenvalue weighted by molar-refractivity contribution is 5.87. The molecule has 0 aromatic heterocycles. The molecule has 26 heavy (non-hydrogen) atoms. The van der Waals surface area contributed by atoms with E-state index in [0.717, 1.165) is 12.1 Å². The first kappa shape index (κ1) is 19.8. The maximum absolute atomic E-state index is 13.1. The van der Waals surface area contributed by atoms with Crippen LogP contribution in [0.1, 0.15) is 36.5 Å². The number of likely N-dealkylation sites (N-methyl/N-ethyl adjacent to an activating group) is 1. The van der Waals surface area contributed by atoms with E-state index in [2.05, 4.69) is 0 Å². The number of alkyl halides is 3. The zero-order valence-electron chi connectivity index (χ0n) is 15.0. The molecule has 3 nitrogen and oxygen atoms in total. The monoisotopic (exact) mass is 365 g/mol. The van der Waals surface area contributed by atoms with Gasteiger partial charge >= 0.3 is 6.18 Å². The van der Waals surface area contributed by atoms with Crippen molar-refractivity contribution in [3.05, 3.63) is 65.2 Å². The molecule has 0 N–H and O–H groups in total. The maximum Gasteiger partial charge on any atom is 0.416 e. The molecule has 0 aliphatic rings. The highest BCUT2D eigenvalue weighted by Gasteiger charge is 2.33. The molecule has 1 unspecified atom stereocenters. The van der Waals surface area contributed by atoms with Crippen LogP contribution in [0.15, 0.2) is 48.5 Å². The molecule has 140 valence electrons. The lowest BCUT2D eigenvalue weighted by Gasteiger charge is -2.26. The van der Waals surface area contributed by atoms with Crippen LogP contribution in [0.2, 0.25) is 0 Å². The van der Waals surface area contributed by atoms with E-state index in [1.807, 2.05) is 13.8 Å². The predicted octanol–water partition coefficient (Wildman–Crippen LogP) is 4.71. The van der Waals surface area contributed by atoms with Crippen LogP contribution in [-0.2, 0) is 11.0 Å². The van der Waals surface area contributed by atoms with Crippen LogP contribution in [0.3, 0.4) is 0 Å². The number of ether oxygens (including phenoxy) is 1. The van der Waals surface area contributed by atoms with Gasteiger partial charge in [0.1, 0.15) is 5.75 Å². The van der Waals surface area contributed by atoms with Gasteiger partial charge in [-0.25, -0.2) is 0 Å². The summed E-state index contributed by atoms with van der Waals surface area (Å²) in [6.07, 6.45) is -4.46. The van der Waals surface area contributed by atoms with Crippen LogP contribution in [-0.4, -0.2) is 31.0 Å². The molecule has 1 atom stereocenters. The molecule has 6 heteroatoms. The summed E-state index contributed by atoms with van der Waals surface area (Å²) in [5.74, 6) is -0.408. The van der Waals surface area contributed by atoms with E-state index in [1.165, 1.54) is 13.2 Å². The quantitative estimate of drug-likeness (QED) is 0.742. The molecule has 2 aromatic carbocycles. The lowest BCUT2D eigenvalue weighted by Crippen LogP contribution is -2.35. The van der Waals surface area contributed by atoms with Gasteiger partial charge < -0.3 is 9.64 Å². The molecule has 0 bridgehead atoms. The summed E-state index contributed by atoms with van der Waals surface area (Å²) in [6.45, 7) is 4.67. The van der Waals surface area contributed by atoms with Gasteiger partial charge in [0, 0.05) is 13.1 Å². The van der Waals surface area contributed by atoms with E-state index in [0.29, 0.717) is 30.0 Å². The molecule has 0 heterocycles. The number of rotatable bonds is 6. The van der Waals surface area contributed by atoms with Crippen LogP contribution < -0.4 is 4.74 Å².